The molecule has 0 heterocycles. The first kappa shape index (κ1) is 21.4. The van der Waals surface area contributed by atoms with Crippen LogP contribution in [0, 0.1) is 11.3 Å². The maximum Gasteiger partial charge on any atom is 0.349 e. The molecule has 148 valence electrons. The number of anilines is 1. The van der Waals surface area contributed by atoms with Gasteiger partial charge in [-0.3, -0.25) is 9.59 Å². The molecular formula is C22H20N2O5. The molecule has 2 rings (SSSR count). The predicted molar refractivity (Wildman–Crippen MR) is 107 cm³/mol. The number of nitriles is 1. The van der Waals surface area contributed by atoms with Gasteiger partial charge in [0, 0.05) is 11.3 Å². The van der Waals surface area contributed by atoms with Gasteiger partial charge in [-0.2, -0.15) is 5.26 Å². The van der Waals surface area contributed by atoms with Crippen molar-refractivity contribution in [1.82, 2.24) is 0 Å². The molecule has 0 bridgehead atoms. The van der Waals surface area contributed by atoms with Gasteiger partial charge in [0.2, 0.25) is 0 Å². The number of carbonyl (C=O) groups is 3. The van der Waals surface area contributed by atoms with Crippen LogP contribution in [0.3, 0.4) is 0 Å². The van der Waals surface area contributed by atoms with Crippen molar-refractivity contribution in [2.24, 2.45) is 0 Å². The highest BCUT2D eigenvalue weighted by atomic mass is 16.5. The monoisotopic (exact) mass is 392 g/mol. The average molecular weight is 392 g/mol. The molecule has 0 aromatic heterocycles. The molecule has 0 saturated carbocycles. The van der Waals surface area contributed by atoms with Crippen LogP contribution >= 0.6 is 0 Å². The summed E-state index contributed by atoms with van der Waals surface area (Å²) < 4.78 is 10.2. The number of methoxy groups -OCH3 is 1. The van der Waals surface area contributed by atoms with Crippen LogP contribution in [-0.2, 0) is 14.3 Å². The minimum absolute atomic E-state index is 0.0853. The number of amides is 1. The number of nitrogens with zero attached hydrogens (tertiary/aromatic N) is 1. The quantitative estimate of drug-likeness (QED) is 0.335. The van der Waals surface area contributed by atoms with E-state index in [2.05, 4.69) is 5.32 Å². The van der Waals surface area contributed by atoms with Crippen LogP contribution in [0.4, 0.5) is 5.69 Å². The van der Waals surface area contributed by atoms with Gasteiger partial charge in [0.1, 0.15) is 17.4 Å². The Balaban J connectivity index is 2.01. The first-order chi connectivity index (χ1) is 13.8. The first-order valence-corrected chi connectivity index (χ1v) is 8.72. The number of ether oxygens (including phenoxy) is 2. The zero-order chi connectivity index (χ0) is 21.4. The standard InChI is InChI=1S/C22H20N2O5/c1-14(25)17-6-8-19(9-7-17)24-21(26)15(2)29-22(27)18(13-23)12-16-4-10-20(28-3)11-5-16/h4-12,15H,1-3H3,(H,24,26)/b18-12+/t15-/m1/s1. The van der Waals surface area contributed by atoms with Crippen molar-refractivity contribution < 1.29 is 23.9 Å². The van der Waals surface area contributed by atoms with E-state index < -0.39 is 18.0 Å². The molecule has 1 atom stereocenters. The van der Waals surface area contributed by atoms with Crippen LogP contribution < -0.4 is 10.1 Å². The predicted octanol–water partition coefficient (Wildman–Crippen LogP) is 3.38. The number of hydrogen-bond acceptors (Lipinski definition) is 6. The van der Waals surface area contributed by atoms with E-state index in [9.17, 15) is 19.6 Å². The number of Topliss-reactive ketones (excluding diaryl/α,β-unsaturated/α-hetero) is 1. The zero-order valence-electron chi connectivity index (χ0n) is 16.3. The summed E-state index contributed by atoms with van der Waals surface area (Å²) in [5, 5.41) is 11.8. The van der Waals surface area contributed by atoms with Crippen LogP contribution in [0.25, 0.3) is 6.08 Å². The molecule has 0 fully saturated rings. The van der Waals surface area contributed by atoms with Crippen LogP contribution in [-0.4, -0.2) is 30.9 Å². The largest absolute Gasteiger partial charge is 0.497 e. The lowest BCUT2D eigenvalue weighted by Crippen LogP contribution is -2.30. The topological polar surface area (TPSA) is 105 Å². The van der Waals surface area contributed by atoms with Crippen molar-refractivity contribution in [3.8, 4) is 11.8 Å². The number of rotatable bonds is 7. The number of nitrogens with one attached hydrogen (secondary N) is 1. The molecule has 2 aromatic carbocycles. The van der Waals surface area contributed by atoms with E-state index in [1.54, 1.807) is 54.6 Å². The molecule has 0 aliphatic carbocycles. The molecule has 2 aromatic rings. The highest BCUT2D eigenvalue weighted by molar-refractivity contribution is 6.01. The van der Waals surface area contributed by atoms with E-state index in [1.165, 1.54) is 27.0 Å². The molecule has 1 N–H and O–H groups in total. The van der Waals surface area contributed by atoms with Crippen molar-refractivity contribution in [2.75, 3.05) is 12.4 Å². The molecule has 0 spiro atoms. The fourth-order valence-corrected chi connectivity index (χ4v) is 2.31. The molecule has 0 saturated heterocycles. The Hall–Kier alpha value is -3.92. The zero-order valence-corrected chi connectivity index (χ0v) is 16.3. The number of hydrogen-bond donors (Lipinski definition) is 1. The van der Waals surface area contributed by atoms with Crippen LogP contribution in [0.15, 0.2) is 54.1 Å². The molecule has 0 radical (unpaired) electrons. The molecular weight excluding hydrogens is 372 g/mol. The third-order valence-corrected chi connectivity index (χ3v) is 3.98. The molecule has 29 heavy (non-hydrogen) atoms. The summed E-state index contributed by atoms with van der Waals surface area (Å²) in [6.45, 7) is 2.85. The summed E-state index contributed by atoms with van der Waals surface area (Å²) in [6, 6.07) is 14.9. The Morgan fingerprint density at radius 2 is 1.69 bits per heavy atom. The number of benzene rings is 2. The second kappa shape index (κ2) is 9.85. The van der Waals surface area contributed by atoms with Crippen molar-refractivity contribution >= 4 is 29.4 Å². The van der Waals surface area contributed by atoms with Crippen LogP contribution in [0.1, 0.15) is 29.8 Å². The minimum Gasteiger partial charge on any atom is -0.497 e. The lowest BCUT2D eigenvalue weighted by atomic mass is 10.1. The number of esters is 1. The van der Waals surface area contributed by atoms with Gasteiger partial charge in [0.25, 0.3) is 5.91 Å². The summed E-state index contributed by atoms with van der Waals surface area (Å²) in [5.41, 5.74) is 1.35. The van der Waals surface area contributed by atoms with Crippen molar-refractivity contribution in [3.05, 3.63) is 65.2 Å². The van der Waals surface area contributed by atoms with Gasteiger partial charge in [0.05, 0.1) is 7.11 Å². The van der Waals surface area contributed by atoms with Gasteiger partial charge >= 0.3 is 5.97 Å². The third-order valence-electron chi connectivity index (χ3n) is 3.98. The van der Waals surface area contributed by atoms with E-state index in [0.717, 1.165) is 0 Å². The van der Waals surface area contributed by atoms with Gasteiger partial charge in [-0.15, -0.1) is 0 Å². The Kier molecular flexibility index (Phi) is 7.26. The molecule has 0 aliphatic rings. The van der Waals surface area contributed by atoms with Crippen molar-refractivity contribution in [1.29, 1.82) is 5.26 Å². The van der Waals surface area contributed by atoms with Gasteiger partial charge in [-0.1, -0.05) is 12.1 Å². The lowest BCUT2D eigenvalue weighted by Gasteiger charge is -2.13. The Morgan fingerprint density at radius 3 is 2.21 bits per heavy atom. The minimum atomic E-state index is -1.12. The van der Waals surface area contributed by atoms with Gasteiger partial charge in [-0.05, 0) is 61.9 Å². The van der Waals surface area contributed by atoms with E-state index in [1.807, 2.05) is 0 Å². The first-order valence-electron chi connectivity index (χ1n) is 8.72. The van der Waals surface area contributed by atoms with Crippen LogP contribution in [0.5, 0.6) is 5.75 Å². The van der Waals surface area contributed by atoms with Crippen molar-refractivity contribution in [3.63, 3.8) is 0 Å². The Bertz CT molecular complexity index is 970. The molecule has 7 heteroatoms. The summed E-state index contributed by atoms with van der Waals surface area (Å²) in [7, 11) is 1.53. The fourth-order valence-electron chi connectivity index (χ4n) is 2.31. The second-order valence-electron chi connectivity index (χ2n) is 6.11. The average Bonchev–Trinajstić information content (AvgIpc) is 2.72. The summed E-state index contributed by atoms with van der Waals surface area (Å²) in [4.78, 5) is 35.7. The lowest BCUT2D eigenvalue weighted by molar-refractivity contribution is -0.148. The van der Waals surface area contributed by atoms with Gasteiger partial charge in [0.15, 0.2) is 11.9 Å². The van der Waals surface area contributed by atoms with E-state index >= 15 is 0 Å². The fraction of sp³-hybridized carbons (Fsp3) is 0.182. The number of carbonyl (C=O) groups excluding carboxylic acids is 3. The van der Waals surface area contributed by atoms with E-state index in [0.29, 0.717) is 22.6 Å². The number of ketones is 1. The van der Waals surface area contributed by atoms with Crippen molar-refractivity contribution in [2.45, 2.75) is 20.0 Å². The highest BCUT2D eigenvalue weighted by Gasteiger charge is 2.20. The Labute approximate surface area is 168 Å². The molecule has 7 nitrogen and oxygen atoms in total. The smallest absolute Gasteiger partial charge is 0.349 e. The molecule has 0 unspecified atom stereocenters. The SMILES string of the molecule is COc1ccc(/C=C(\C#N)C(=O)O[C@H](C)C(=O)Nc2ccc(C(C)=O)cc2)cc1. The maximum absolute atomic E-state index is 12.2. The van der Waals surface area contributed by atoms with E-state index in [4.69, 9.17) is 9.47 Å². The molecule has 1 amide bonds. The van der Waals surface area contributed by atoms with Gasteiger partial charge < -0.3 is 14.8 Å². The Morgan fingerprint density at radius 1 is 1.07 bits per heavy atom. The second-order valence-corrected chi connectivity index (χ2v) is 6.11. The van der Waals surface area contributed by atoms with Gasteiger partial charge in [-0.25, -0.2) is 4.79 Å². The molecule has 0 aliphatic heterocycles. The van der Waals surface area contributed by atoms with E-state index in [-0.39, 0.29) is 11.4 Å². The maximum atomic E-state index is 12.2. The van der Waals surface area contributed by atoms with Crippen LogP contribution in [0.2, 0.25) is 0 Å². The summed E-state index contributed by atoms with van der Waals surface area (Å²) >= 11 is 0. The summed E-state index contributed by atoms with van der Waals surface area (Å²) in [5.74, 6) is -0.906. The highest BCUT2D eigenvalue weighted by Crippen LogP contribution is 2.15. The normalized spacial score (nSPS) is 11.7. The third kappa shape index (κ3) is 6.04. The summed E-state index contributed by atoms with van der Waals surface area (Å²) in [6.07, 6.45) is 0.245.